The van der Waals surface area contributed by atoms with Crippen molar-refractivity contribution < 1.29 is 4.74 Å². The zero-order valence-electron chi connectivity index (χ0n) is 17.6. The molecule has 0 saturated carbocycles. The van der Waals surface area contributed by atoms with Gasteiger partial charge in [0.25, 0.3) is 0 Å². The number of benzene rings is 1. The molecule has 0 amide bonds. The van der Waals surface area contributed by atoms with Gasteiger partial charge in [-0.05, 0) is 56.9 Å². The van der Waals surface area contributed by atoms with Gasteiger partial charge in [0.05, 0.1) is 7.11 Å². The average molecular weight is 366 g/mol. The standard InChI is InChI=1S/C23H31N3O/c1-16-11-10-14-19-24-20(17-12-8-9-13-18(17)27-7)21(26(16)19)25-23(5,6)15-22(2,3)4/h8-14,25H,15H2,1-7H3. The van der Waals surface area contributed by atoms with E-state index in [2.05, 4.69) is 63.4 Å². The molecule has 0 bridgehead atoms. The molecule has 3 aromatic rings. The third-order valence-electron chi connectivity index (χ3n) is 4.63. The second kappa shape index (κ2) is 6.91. The van der Waals surface area contributed by atoms with Crippen LogP contribution in [0.25, 0.3) is 16.9 Å². The molecular formula is C23H31N3O. The lowest BCUT2D eigenvalue weighted by Gasteiger charge is -2.34. The van der Waals surface area contributed by atoms with E-state index >= 15 is 0 Å². The molecule has 0 radical (unpaired) electrons. The number of aromatic nitrogens is 2. The van der Waals surface area contributed by atoms with Gasteiger partial charge in [0.2, 0.25) is 0 Å². The summed E-state index contributed by atoms with van der Waals surface area (Å²) in [4.78, 5) is 4.95. The molecule has 144 valence electrons. The number of nitrogens with zero attached hydrogens (tertiary/aromatic N) is 2. The Kier molecular flexibility index (Phi) is 4.94. The van der Waals surface area contributed by atoms with E-state index in [1.54, 1.807) is 7.11 Å². The molecule has 2 heterocycles. The Morgan fingerprint density at radius 2 is 1.70 bits per heavy atom. The minimum Gasteiger partial charge on any atom is -0.496 e. The van der Waals surface area contributed by atoms with Crippen molar-refractivity contribution in [1.82, 2.24) is 9.38 Å². The van der Waals surface area contributed by atoms with Crippen molar-refractivity contribution in [3.8, 4) is 17.0 Å². The normalized spacial score (nSPS) is 12.4. The minimum atomic E-state index is -0.0900. The number of aryl methyl sites for hydroxylation is 1. The summed E-state index contributed by atoms with van der Waals surface area (Å²) in [5.74, 6) is 1.84. The van der Waals surface area contributed by atoms with Crippen molar-refractivity contribution in [3.63, 3.8) is 0 Å². The van der Waals surface area contributed by atoms with Crippen LogP contribution in [0.1, 0.15) is 46.7 Å². The second-order valence-corrected chi connectivity index (χ2v) is 9.12. The molecule has 4 heteroatoms. The predicted molar refractivity (Wildman–Crippen MR) is 114 cm³/mol. The van der Waals surface area contributed by atoms with Crippen LogP contribution in [0.3, 0.4) is 0 Å². The number of rotatable bonds is 5. The summed E-state index contributed by atoms with van der Waals surface area (Å²) in [6, 6.07) is 14.3. The number of hydrogen-bond acceptors (Lipinski definition) is 3. The van der Waals surface area contributed by atoms with Gasteiger partial charge >= 0.3 is 0 Å². The quantitative estimate of drug-likeness (QED) is 0.607. The highest BCUT2D eigenvalue weighted by Crippen LogP contribution is 2.38. The number of ether oxygens (including phenoxy) is 1. The average Bonchev–Trinajstić information content (AvgIpc) is 2.91. The number of pyridine rings is 1. The van der Waals surface area contributed by atoms with Crippen LogP contribution in [-0.4, -0.2) is 22.0 Å². The number of para-hydroxylation sites is 1. The number of methoxy groups -OCH3 is 1. The molecule has 3 rings (SSSR count). The third kappa shape index (κ3) is 4.10. The van der Waals surface area contributed by atoms with Crippen LogP contribution in [-0.2, 0) is 0 Å². The Balaban J connectivity index is 2.20. The lowest BCUT2D eigenvalue weighted by Crippen LogP contribution is -2.36. The summed E-state index contributed by atoms with van der Waals surface area (Å²) in [7, 11) is 1.70. The topological polar surface area (TPSA) is 38.6 Å². The Morgan fingerprint density at radius 1 is 1.00 bits per heavy atom. The van der Waals surface area contributed by atoms with E-state index in [9.17, 15) is 0 Å². The van der Waals surface area contributed by atoms with Gasteiger partial charge in [-0.25, -0.2) is 4.98 Å². The molecule has 0 atom stereocenters. The third-order valence-corrected chi connectivity index (χ3v) is 4.63. The molecule has 1 aromatic carbocycles. The fourth-order valence-corrected chi connectivity index (χ4v) is 4.09. The van der Waals surface area contributed by atoms with Crippen LogP contribution in [0.5, 0.6) is 5.75 Å². The molecule has 2 aromatic heterocycles. The summed E-state index contributed by atoms with van der Waals surface area (Å²) in [6.45, 7) is 13.4. The maximum absolute atomic E-state index is 5.61. The first-order valence-corrected chi connectivity index (χ1v) is 9.51. The number of imidazole rings is 1. The summed E-state index contributed by atoms with van der Waals surface area (Å²) < 4.78 is 7.82. The molecule has 0 aliphatic heterocycles. The maximum Gasteiger partial charge on any atom is 0.139 e. The van der Waals surface area contributed by atoms with E-state index in [0.29, 0.717) is 0 Å². The van der Waals surface area contributed by atoms with Crippen LogP contribution in [0, 0.1) is 12.3 Å². The van der Waals surface area contributed by atoms with Gasteiger partial charge in [-0.2, -0.15) is 0 Å². The Bertz CT molecular complexity index is 948. The van der Waals surface area contributed by atoms with Crippen molar-refractivity contribution in [1.29, 1.82) is 0 Å². The van der Waals surface area contributed by atoms with Crippen LogP contribution < -0.4 is 10.1 Å². The van der Waals surface area contributed by atoms with Gasteiger partial charge in [-0.3, -0.25) is 4.40 Å². The Labute approximate surface area is 162 Å². The van der Waals surface area contributed by atoms with E-state index < -0.39 is 0 Å². The van der Waals surface area contributed by atoms with Crippen molar-refractivity contribution in [2.24, 2.45) is 5.41 Å². The lowest BCUT2D eigenvalue weighted by atomic mass is 9.82. The summed E-state index contributed by atoms with van der Waals surface area (Å²) in [5.41, 5.74) is 4.13. The molecule has 0 fully saturated rings. The molecular weight excluding hydrogens is 334 g/mol. The van der Waals surface area contributed by atoms with Crippen LogP contribution >= 0.6 is 0 Å². The lowest BCUT2D eigenvalue weighted by molar-refractivity contribution is 0.302. The van der Waals surface area contributed by atoms with Crippen molar-refractivity contribution >= 4 is 11.5 Å². The number of fused-ring (bicyclic) bond motifs is 1. The van der Waals surface area contributed by atoms with Crippen molar-refractivity contribution in [3.05, 3.63) is 48.2 Å². The van der Waals surface area contributed by atoms with Gasteiger partial charge < -0.3 is 10.1 Å². The summed E-state index contributed by atoms with van der Waals surface area (Å²) >= 11 is 0. The largest absolute Gasteiger partial charge is 0.496 e. The smallest absolute Gasteiger partial charge is 0.139 e. The molecule has 0 unspecified atom stereocenters. The molecule has 4 nitrogen and oxygen atoms in total. The number of hydrogen-bond donors (Lipinski definition) is 1. The zero-order valence-corrected chi connectivity index (χ0v) is 17.6. The predicted octanol–water partition coefficient (Wildman–Crippen LogP) is 5.95. The molecule has 0 aliphatic rings. The highest BCUT2D eigenvalue weighted by molar-refractivity contribution is 5.81. The highest BCUT2D eigenvalue weighted by atomic mass is 16.5. The molecule has 0 saturated heterocycles. The minimum absolute atomic E-state index is 0.0900. The fraction of sp³-hybridized carbons (Fsp3) is 0.435. The molecule has 0 aliphatic carbocycles. The van der Waals surface area contributed by atoms with E-state index in [1.165, 1.54) is 0 Å². The second-order valence-electron chi connectivity index (χ2n) is 9.12. The van der Waals surface area contributed by atoms with E-state index in [1.807, 2.05) is 30.3 Å². The highest BCUT2D eigenvalue weighted by Gasteiger charge is 2.28. The van der Waals surface area contributed by atoms with Crippen LogP contribution in [0.15, 0.2) is 42.5 Å². The molecule has 1 N–H and O–H groups in total. The zero-order chi connectivity index (χ0) is 19.8. The van der Waals surface area contributed by atoms with Crippen molar-refractivity contribution in [2.75, 3.05) is 12.4 Å². The molecule has 27 heavy (non-hydrogen) atoms. The fourth-order valence-electron chi connectivity index (χ4n) is 4.09. The molecule has 0 spiro atoms. The summed E-state index contributed by atoms with van der Waals surface area (Å²) in [5, 5.41) is 3.80. The van der Waals surface area contributed by atoms with Gasteiger partial charge in [0, 0.05) is 16.8 Å². The van der Waals surface area contributed by atoms with Crippen molar-refractivity contribution in [2.45, 2.75) is 53.5 Å². The van der Waals surface area contributed by atoms with Crippen LogP contribution in [0.2, 0.25) is 0 Å². The van der Waals surface area contributed by atoms with Gasteiger partial charge in [-0.15, -0.1) is 0 Å². The van der Waals surface area contributed by atoms with E-state index in [-0.39, 0.29) is 11.0 Å². The number of anilines is 1. The Morgan fingerprint density at radius 3 is 2.37 bits per heavy atom. The van der Waals surface area contributed by atoms with E-state index in [0.717, 1.165) is 40.6 Å². The van der Waals surface area contributed by atoms with Gasteiger partial charge in [0.15, 0.2) is 0 Å². The van der Waals surface area contributed by atoms with E-state index in [4.69, 9.17) is 9.72 Å². The maximum atomic E-state index is 5.61. The Hall–Kier alpha value is -2.49. The van der Waals surface area contributed by atoms with Crippen LogP contribution in [0.4, 0.5) is 5.82 Å². The monoisotopic (exact) mass is 365 g/mol. The van der Waals surface area contributed by atoms with Gasteiger partial charge in [0.1, 0.15) is 22.9 Å². The SMILES string of the molecule is COc1ccccc1-c1nc2cccc(C)n2c1NC(C)(C)CC(C)(C)C. The summed E-state index contributed by atoms with van der Waals surface area (Å²) in [6.07, 6.45) is 1.03. The first-order valence-electron chi connectivity index (χ1n) is 9.51. The number of nitrogens with one attached hydrogen (secondary N) is 1. The first kappa shape index (κ1) is 19.3. The first-order chi connectivity index (χ1) is 12.6. The van der Waals surface area contributed by atoms with Gasteiger partial charge in [-0.1, -0.05) is 39.0 Å².